The molecule has 0 saturated heterocycles. The smallest absolute Gasteiger partial charge is 0.393 e. The van der Waals surface area contributed by atoms with Gasteiger partial charge in [0.25, 0.3) is 0 Å². The fourth-order valence-corrected chi connectivity index (χ4v) is 1.90. The predicted molar refractivity (Wildman–Crippen MR) is 74.2 cm³/mol. The van der Waals surface area contributed by atoms with Gasteiger partial charge in [-0.25, -0.2) is 0 Å². The molecule has 1 fully saturated rings. The molecule has 1 aliphatic carbocycles. The Morgan fingerprint density at radius 2 is 2.32 bits per heavy atom. The molecule has 0 bridgehead atoms. The van der Waals surface area contributed by atoms with Crippen LogP contribution in [0, 0.1) is 5.92 Å². The quantitative estimate of drug-likeness (QED) is 0.740. The molecule has 0 unspecified atom stereocenters. The van der Waals surface area contributed by atoms with Gasteiger partial charge in [0.05, 0.1) is 5.69 Å². The van der Waals surface area contributed by atoms with E-state index < -0.39 is 0 Å². The topological polar surface area (TPSA) is 50.5 Å². The Kier molecular flexibility index (Phi) is 5.22. The van der Waals surface area contributed by atoms with E-state index >= 15 is 0 Å². The van der Waals surface area contributed by atoms with E-state index in [2.05, 4.69) is 36.1 Å². The highest BCUT2D eigenvalue weighted by Gasteiger charge is 2.25. The Hall–Kier alpha value is -1.07. The van der Waals surface area contributed by atoms with Crippen LogP contribution in [0.5, 0.6) is 6.08 Å². The first-order chi connectivity index (χ1) is 9.15. The van der Waals surface area contributed by atoms with Gasteiger partial charge in [-0.3, -0.25) is 0 Å². The number of nitrogens with one attached hydrogen (secondary N) is 1. The molecular formula is C14H25N3O2. The number of aromatic nitrogens is 1. The number of likely N-dealkylation sites (N-methyl/N-ethyl adjacent to an activating group) is 1. The number of oxazole rings is 1. The van der Waals surface area contributed by atoms with E-state index in [4.69, 9.17) is 9.15 Å². The van der Waals surface area contributed by atoms with E-state index in [1.165, 1.54) is 12.8 Å². The molecule has 0 amide bonds. The lowest BCUT2D eigenvalue weighted by Crippen LogP contribution is -2.26. The summed E-state index contributed by atoms with van der Waals surface area (Å²) in [6.07, 6.45) is 4.68. The molecule has 1 heterocycles. The average Bonchev–Trinajstić information content (AvgIpc) is 3.11. The van der Waals surface area contributed by atoms with Crippen molar-refractivity contribution in [1.82, 2.24) is 15.2 Å². The second-order valence-electron chi connectivity index (χ2n) is 5.69. The first-order valence-electron chi connectivity index (χ1n) is 7.13. The lowest BCUT2D eigenvalue weighted by atomic mass is 10.2. The standard InChI is InChI=1S/C14H25N3O2/c1-11(2)8-15-9-12-10-19-14(16-12)18-7-6-17(3)13-4-5-13/h10-11,13,15H,4-9H2,1-3H3. The van der Waals surface area contributed by atoms with E-state index in [1.54, 1.807) is 6.26 Å². The monoisotopic (exact) mass is 267 g/mol. The van der Waals surface area contributed by atoms with Crippen molar-refractivity contribution in [1.29, 1.82) is 0 Å². The highest BCUT2D eigenvalue weighted by Crippen LogP contribution is 2.24. The van der Waals surface area contributed by atoms with Gasteiger partial charge < -0.3 is 19.4 Å². The predicted octanol–water partition coefficient (Wildman–Crippen LogP) is 1.89. The van der Waals surface area contributed by atoms with Crippen LogP contribution in [0.3, 0.4) is 0 Å². The van der Waals surface area contributed by atoms with Crippen LogP contribution >= 0.6 is 0 Å². The van der Waals surface area contributed by atoms with Crippen LogP contribution in [0.2, 0.25) is 0 Å². The third-order valence-corrected chi connectivity index (χ3v) is 3.23. The maximum absolute atomic E-state index is 5.52. The summed E-state index contributed by atoms with van der Waals surface area (Å²) in [4.78, 5) is 6.62. The normalized spacial score (nSPS) is 15.4. The SMILES string of the molecule is CC(C)CNCc1coc(OCCN(C)C2CC2)n1. The Morgan fingerprint density at radius 1 is 1.53 bits per heavy atom. The fraction of sp³-hybridized carbons (Fsp3) is 0.786. The minimum absolute atomic E-state index is 0.380. The van der Waals surface area contributed by atoms with Crippen LogP contribution < -0.4 is 10.1 Å². The van der Waals surface area contributed by atoms with Crippen LogP contribution in [-0.4, -0.2) is 42.7 Å². The molecule has 19 heavy (non-hydrogen) atoms. The number of ether oxygens (including phenoxy) is 1. The molecule has 1 aromatic rings. The Labute approximate surface area is 115 Å². The van der Waals surface area contributed by atoms with Gasteiger partial charge in [-0.2, -0.15) is 4.98 Å². The van der Waals surface area contributed by atoms with Crippen molar-refractivity contribution in [3.05, 3.63) is 12.0 Å². The first-order valence-corrected chi connectivity index (χ1v) is 7.13. The van der Waals surface area contributed by atoms with E-state index in [0.717, 1.165) is 31.4 Å². The van der Waals surface area contributed by atoms with Crippen molar-refractivity contribution in [2.75, 3.05) is 26.7 Å². The van der Waals surface area contributed by atoms with Crippen molar-refractivity contribution >= 4 is 0 Å². The molecule has 1 N–H and O–H groups in total. The Bertz CT molecular complexity index is 375. The van der Waals surface area contributed by atoms with Crippen LogP contribution in [-0.2, 0) is 6.54 Å². The fourth-order valence-electron chi connectivity index (χ4n) is 1.90. The number of rotatable bonds is 9. The van der Waals surface area contributed by atoms with Crippen molar-refractivity contribution < 1.29 is 9.15 Å². The largest absolute Gasteiger partial charge is 0.449 e. The van der Waals surface area contributed by atoms with Crippen molar-refractivity contribution in [2.24, 2.45) is 5.92 Å². The molecule has 2 rings (SSSR count). The summed E-state index contributed by atoms with van der Waals surface area (Å²) in [6, 6.07) is 0.768. The molecule has 5 nitrogen and oxygen atoms in total. The summed E-state index contributed by atoms with van der Waals surface area (Å²) in [6.45, 7) is 7.63. The second-order valence-corrected chi connectivity index (χ2v) is 5.69. The minimum atomic E-state index is 0.380. The van der Waals surface area contributed by atoms with E-state index in [1.807, 2.05) is 0 Å². The second kappa shape index (κ2) is 6.91. The molecule has 5 heteroatoms. The van der Waals surface area contributed by atoms with E-state index in [-0.39, 0.29) is 0 Å². The average molecular weight is 267 g/mol. The van der Waals surface area contributed by atoms with Crippen molar-refractivity contribution in [2.45, 2.75) is 39.3 Å². The highest BCUT2D eigenvalue weighted by atomic mass is 16.6. The summed E-state index contributed by atoms with van der Waals surface area (Å²) >= 11 is 0. The molecule has 108 valence electrons. The van der Waals surface area contributed by atoms with E-state index in [0.29, 0.717) is 18.6 Å². The lowest BCUT2D eigenvalue weighted by molar-refractivity contribution is 0.188. The van der Waals surface area contributed by atoms with Gasteiger partial charge in [-0.05, 0) is 32.4 Å². The van der Waals surface area contributed by atoms with Gasteiger partial charge in [0, 0.05) is 19.1 Å². The maximum atomic E-state index is 5.52. The van der Waals surface area contributed by atoms with Crippen LogP contribution in [0.15, 0.2) is 10.7 Å². The molecule has 0 aromatic carbocycles. The molecule has 0 radical (unpaired) electrons. The zero-order valence-corrected chi connectivity index (χ0v) is 12.2. The first kappa shape index (κ1) is 14.3. The third kappa shape index (κ3) is 5.20. The van der Waals surface area contributed by atoms with Crippen LogP contribution in [0.25, 0.3) is 0 Å². The lowest BCUT2D eigenvalue weighted by Gasteiger charge is -2.14. The number of nitrogens with zero attached hydrogens (tertiary/aromatic N) is 2. The Morgan fingerprint density at radius 3 is 3.00 bits per heavy atom. The van der Waals surface area contributed by atoms with Gasteiger partial charge >= 0.3 is 6.08 Å². The summed E-state index contributed by atoms with van der Waals surface area (Å²) in [5, 5.41) is 3.33. The number of hydrogen-bond donors (Lipinski definition) is 1. The summed E-state index contributed by atoms with van der Waals surface area (Å²) in [5.41, 5.74) is 0.895. The van der Waals surface area contributed by atoms with Gasteiger partial charge in [0.2, 0.25) is 0 Å². The molecule has 0 spiro atoms. The third-order valence-electron chi connectivity index (χ3n) is 3.23. The zero-order chi connectivity index (χ0) is 13.7. The van der Waals surface area contributed by atoms with E-state index in [9.17, 15) is 0 Å². The minimum Gasteiger partial charge on any atom is -0.449 e. The van der Waals surface area contributed by atoms with Gasteiger partial charge in [0.15, 0.2) is 0 Å². The van der Waals surface area contributed by atoms with Crippen molar-refractivity contribution in [3.8, 4) is 6.08 Å². The molecule has 0 atom stereocenters. The van der Waals surface area contributed by atoms with Gasteiger partial charge in [-0.1, -0.05) is 13.8 Å². The molecule has 0 aliphatic heterocycles. The highest BCUT2D eigenvalue weighted by molar-refractivity contribution is 4.99. The Balaban J connectivity index is 1.62. The summed E-state index contributed by atoms with van der Waals surface area (Å²) < 4.78 is 10.8. The summed E-state index contributed by atoms with van der Waals surface area (Å²) in [7, 11) is 2.14. The molecule has 1 saturated carbocycles. The molecular weight excluding hydrogens is 242 g/mol. The summed E-state index contributed by atoms with van der Waals surface area (Å²) in [5.74, 6) is 0.639. The van der Waals surface area contributed by atoms with Gasteiger partial charge in [0.1, 0.15) is 12.9 Å². The zero-order valence-electron chi connectivity index (χ0n) is 12.2. The molecule has 1 aromatic heterocycles. The molecule has 1 aliphatic rings. The number of hydrogen-bond acceptors (Lipinski definition) is 5. The van der Waals surface area contributed by atoms with Crippen LogP contribution in [0.1, 0.15) is 32.4 Å². The van der Waals surface area contributed by atoms with Crippen LogP contribution in [0.4, 0.5) is 0 Å². The van der Waals surface area contributed by atoms with Gasteiger partial charge in [-0.15, -0.1) is 0 Å². The van der Waals surface area contributed by atoms with Crippen molar-refractivity contribution in [3.63, 3.8) is 0 Å². The maximum Gasteiger partial charge on any atom is 0.393 e.